The standard InChI is InChI=1S/C23H21N5O5S/c29-13-31-12-21(30)28-10-14-3-4-15(28)9-27(14)11-17-6-18-19(32-17)7-16(8-25-18)33-23-26-22-20(34-23)2-1-5-24-22/h1-2,5-8,13-15H,3-4,9-12H2/t14-,15-/m0/s1. The summed E-state index contributed by atoms with van der Waals surface area (Å²) in [6.07, 6.45) is 5.35. The third-order valence-corrected chi connectivity index (χ3v) is 7.23. The Bertz CT molecular complexity index is 1340. The monoisotopic (exact) mass is 479 g/mol. The van der Waals surface area contributed by atoms with Crippen LogP contribution in [0, 0.1) is 0 Å². The maximum Gasteiger partial charge on any atom is 0.293 e. The zero-order chi connectivity index (χ0) is 23.1. The Balaban J connectivity index is 1.14. The third kappa shape index (κ3) is 3.97. The van der Waals surface area contributed by atoms with Crippen LogP contribution in [0.25, 0.3) is 21.4 Å². The van der Waals surface area contributed by atoms with E-state index in [-0.39, 0.29) is 24.6 Å². The van der Waals surface area contributed by atoms with Crippen molar-refractivity contribution in [2.75, 3.05) is 19.7 Å². The van der Waals surface area contributed by atoms with Crippen molar-refractivity contribution in [2.24, 2.45) is 0 Å². The second kappa shape index (κ2) is 8.65. The van der Waals surface area contributed by atoms with Crippen molar-refractivity contribution in [2.45, 2.75) is 31.5 Å². The third-order valence-electron chi connectivity index (χ3n) is 6.34. The fourth-order valence-electron chi connectivity index (χ4n) is 4.78. The van der Waals surface area contributed by atoms with Crippen molar-refractivity contribution in [1.29, 1.82) is 0 Å². The molecule has 7 heterocycles. The SMILES string of the molecule is O=COCC(=O)N1C[C@@H]2CC[C@H]1CN2Cc1cc2ncc(Oc3nc4ncccc4s3)cc2o1. The molecular formula is C23H21N5O5S. The van der Waals surface area contributed by atoms with Crippen molar-refractivity contribution in [3.63, 3.8) is 0 Å². The average Bonchev–Trinajstić information content (AvgIpc) is 3.45. The van der Waals surface area contributed by atoms with E-state index >= 15 is 0 Å². The second-order valence-corrected chi connectivity index (χ2v) is 9.44. The first-order chi connectivity index (χ1) is 16.7. The Morgan fingerprint density at radius 1 is 1.24 bits per heavy atom. The van der Waals surface area contributed by atoms with Crippen LogP contribution < -0.4 is 4.74 Å². The predicted octanol–water partition coefficient (Wildman–Crippen LogP) is 2.97. The van der Waals surface area contributed by atoms with Gasteiger partial charge in [0.05, 0.1) is 17.4 Å². The van der Waals surface area contributed by atoms with Gasteiger partial charge in [0.2, 0.25) is 0 Å². The van der Waals surface area contributed by atoms with Crippen LogP contribution in [0.4, 0.5) is 0 Å². The zero-order valence-corrected chi connectivity index (χ0v) is 18.9. The first-order valence-electron chi connectivity index (χ1n) is 11.0. The van der Waals surface area contributed by atoms with E-state index in [2.05, 4.69) is 24.6 Å². The van der Waals surface area contributed by atoms with E-state index in [0.717, 1.165) is 35.4 Å². The molecule has 11 heteroatoms. The Morgan fingerprint density at radius 2 is 2.15 bits per heavy atom. The molecule has 3 aliphatic heterocycles. The Hall–Kier alpha value is -3.57. The van der Waals surface area contributed by atoms with Crippen LogP contribution in [0.3, 0.4) is 0 Å². The largest absolute Gasteiger partial charge is 0.458 e. The van der Waals surface area contributed by atoms with Gasteiger partial charge in [-0.1, -0.05) is 11.3 Å². The number of hydrogen-bond donors (Lipinski definition) is 0. The molecule has 10 nitrogen and oxygen atoms in total. The molecule has 34 heavy (non-hydrogen) atoms. The lowest BCUT2D eigenvalue weighted by atomic mass is 9.90. The number of fused-ring (bicyclic) bond motifs is 5. The lowest BCUT2D eigenvalue weighted by Gasteiger charge is -2.51. The smallest absolute Gasteiger partial charge is 0.293 e. The van der Waals surface area contributed by atoms with Gasteiger partial charge in [-0.25, -0.2) is 9.97 Å². The van der Waals surface area contributed by atoms with Gasteiger partial charge in [-0.05, 0) is 25.0 Å². The maximum atomic E-state index is 12.3. The number of amides is 1. The topological polar surface area (TPSA) is 111 Å². The fourth-order valence-corrected chi connectivity index (χ4v) is 5.58. The molecule has 4 aromatic heterocycles. The quantitative estimate of drug-likeness (QED) is 0.369. The number of aromatic nitrogens is 3. The van der Waals surface area contributed by atoms with Gasteiger partial charge in [0.25, 0.3) is 17.6 Å². The van der Waals surface area contributed by atoms with E-state index in [1.165, 1.54) is 11.3 Å². The lowest BCUT2D eigenvalue weighted by Crippen LogP contribution is -2.63. The number of piperazine rings is 1. The van der Waals surface area contributed by atoms with Crippen molar-refractivity contribution in [3.8, 4) is 10.9 Å². The number of rotatable bonds is 7. The summed E-state index contributed by atoms with van der Waals surface area (Å²) in [6.45, 7) is 2.17. The summed E-state index contributed by atoms with van der Waals surface area (Å²) in [6, 6.07) is 7.96. The zero-order valence-electron chi connectivity index (χ0n) is 18.1. The van der Waals surface area contributed by atoms with E-state index in [9.17, 15) is 9.59 Å². The highest BCUT2D eigenvalue weighted by Gasteiger charge is 2.41. The Kier molecular flexibility index (Phi) is 5.34. The van der Waals surface area contributed by atoms with Crippen LogP contribution in [-0.4, -0.2) is 68.9 Å². The molecule has 0 aromatic carbocycles. The van der Waals surface area contributed by atoms with Gasteiger partial charge < -0.3 is 18.8 Å². The van der Waals surface area contributed by atoms with E-state index in [1.54, 1.807) is 12.4 Å². The van der Waals surface area contributed by atoms with Crippen molar-refractivity contribution < 1.29 is 23.5 Å². The fraction of sp³-hybridized carbons (Fsp3) is 0.348. The van der Waals surface area contributed by atoms with Gasteiger partial charge in [-0.15, -0.1) is 0 Å². The number of piperidine rings is 2. The molecule has 0 saturated carbocycles. The second-order valence-electron chi connectivity index (χ2n) is 8.44. The number of hydrogen-bond acceptors (Lipinski definition) is 10. The molecule has 2 bridgehead atoms. The average molecular weight is 480 g/mol. The molecule has 3 saturated heterocycles. The minimum atomic E-state index is -0.195. The van der Waals surface area contributed by atoms with Gasteiger partial charge in [0.15, 0.2) is 23.6 Å². The van der Waals surface area contributed by atoms with Crippen molar-refractivity contribution in [1.82, 2.24) is 24.8 Å². The van der Waals surface area contributed by atoms with Crippen LogP contribution in [0.5, 0.6) is 10.9 Å². The number of carbonyl (C=O) groups excluding carboxylic acids is 2. The maximum absolute atomic E-state index is 12.3. The number of ether oxygens (including phenoxy) is 2. The van der Waals surface area contributed by atoms with Crippen LogP contribution in [0.15, 0.2) is 41.1 Å². The number of pyridine rings is 2. The summed E-state index contributed by atoms with van der Waals surface area (Å²) < 4.78 is 17.6. The van der Waals surface area contributed by atoms with Crippen molar-refractivity contribution >= 4 is 45.2 Å². The predicted molar refractivity (Wildman–Crippen MR) is 122 cm³/mol. The van der Waals surface area contributed by atoms with Crippen molar-refractivity contribution in [3.05, 3.63) is 42.4 Å². The summed E-state index contributed by atoms with van der Waals surface area (Å²) in [5.74, 6) is 1.24. The van der Waals surface area contributed by atoms with Crippen LogP contribution >= 0.6 is 11.3 Å². The Labute approximate surface area is 198 Å². The molecule has 7 rings (SSSR count). The first kappa shape index (κ1) is 21.0. The molecule has 4 aromatic rings. The van der Waals surface area contributed by atoms with E-state index in [4.69, 9.17) is 9.15 Å². The van der Waals surface area contributed by atoms with Gasteiger partial charge >= 0.3 is 0 Å². The number of thiazole rings is 1. The minimum Gasteiger partial charge on any atom is -0.458 e. The van der Waals surface area contributed by atoms with E-state index in [1.807, 2.05) is 29.2 Å². The summed E-state index contributed by atoms with van der Waals surface area (Å²) in [5, 5.41) is 0.503. The van der Waals surface area contributed by atoms with Gasteiger partial charge in [0, 0.05) is 43.5 Å². The van der Waals surface area contributed by atoms with E-state index < -0.39 is 0 Å². The summed E-state index contributed by atoms with van der Waals surface area (Å²) in [7, 11) is 0. The van der Waals surface area contributed by atoms with Gasteiger partial charge in [0.1, 0.15) is 11.3 Å². The normalized spacial score (nSPS) is 20.2. The lowest BCUT2D eigenvalue weighted by molar-refractivity contribution is -0.151. The van der Waals surface area contributed by atoms with Crippen LogP contribution in [0.2, 0.25) is 0 Å². The number of furan rings is 1. The molecule has 0 aliphatic carbocycles. The molecular weight excluding hydrogens is 458 g/mol. The molecule has 0 radical (unpaired) electrons. The summed E-state index contributed by atoms with van der Waals surface area (Å²) in [4.78, 5) is 40.0. The summed E-state index contributed by atoms with van der Waals surface area (Å²) >= 11 is 1.43. The van der Waals surface area contributed by atoms with Gasteiger partial charge in [-0.2, -0.15) is 4.98 Å². The molecule has 3 aliphatic rings. The first-order valence-corrected chi connectivity index (χ1v) is 11.8. The van der Waals surface area contributed by atoms with Gasteiger partial charge in [-0.3, -0.25) is 14.5 Å². The molecule has 1 amide bonds. The summed E-state index contributed by atoms with van der Waals surface area (Å²) in [5.41, 5.74) is 2.07. The molecule has 3 fully saturated rings. The van der Waals surface area contributed by atoms with Crippen LogP contribution in [0.1, 0.15) is 18.6 Å². The number of carbonyl (C=O) groups is 2. The highest BCUT2D eigenvalue weighted by Crippen LogP contribution is 2.33. The Morgan fingerprint density at radius 3 is 2.97 bits per heavy atom. The molecule has 174 valence electrons. The molecule has 2 atom stereocenters. The molecule has 0 spiro atoms. The molecule has 0 N–H and O–H groups in total. The minimum absolute atomic E-state index is 0.124. The van der Waals surface area contributed by atoms with Crippen LogP contribution in [-0.2, 0) is 20.9 Å². The highest BCUT2D eigenvalue weighted by atomic mass is 32.1. The number of nitrogens with zero attached hydrogens (tertiary/aromatic N) is 5. The molecule has 0 unspecified atom stereocenters. The van der Waals surface area contributed by atoms with E-state index in [0.29, 0.717) is 41.7 Å². The highest BCUT2D eigenvalue weighted by molar-refractivity contribution is 7.20.